The van der Waals surface area contributed by atoms with Crippen molar-refractivity contribution in [2.24, 2.45) is 0 Å². The second-order valence-electron chi connectivity index (χ2n) is 5.70. The van der Waals surface area contributed by atoms with E-state index >= 15 is 0 Å². The van der Waals surface area contributed by atoms with Crippen molar-refractivity contribution in [1.29, 1.82) is 0 Å². The molecule has 3 rings (SSSR count). The first-order valence-corrected chi connectivity index (χ1v) is 7.81. The van der Waals surface area contributed by atoms with E-state index in [4.69, 9.17) is 13.9 Å². The van der Waals surface area contributed by atoms with Crippen molar-refractivity contribution in [2.75, 3.05) is 26.3 Å². The average Bonchev–Trinajstić information content (AvgIpc) is 3.00. The van der Waals surface area contributed by atoms with Crippen LogP contribution in [0.5, 0.6) is 0 Å². The van der Waals surface area contributed by atoms with Crippen LogP contribution in [0.4, 0.5) is 0 Å². The summed E-state index contributed by atoms with van der Waals surface area (Å²) in [6.07, 6.45) is 1.40. The van der Waals surface area contributed by atoms with Gasteiger partial charge in [0.2, 0.25) is 0 Å². The Labute approximate surface area is 135 Å². The predicted molar refractivity (Wildman–Crippen MR) is 85.2 cm³/mol. The number of aryl methyl sites for hydroxylation is 1. The molecule has 1 saturated heterocycles. The van der Waals surface area contributed by atoms with Crippen LogP contribution in [0, 0.1) is 6.92 Å². The fourth-order valence-corrected chi connectivity index (χ4v) is 2.71. The third-order valence-corrected chi connectivity index (χ3v) is 3.95. The molecular weight excluding hydrogens is 294 g/mol. The Morgan fingerprint density at radius 1 is 1.30 bits per heavy atom. The lowest BCUT2D eigenvalue weighted by Crippen LogP contribution is -2.44. The van der Waals surface area contributed by atoms with Gasteiger partial charge in [0.1, 0.15) is 24.0 Å². The molecule has 0 amide bonds. The Morgan fingerprint density at radius 3 is 2.87 bits per heavy atom. The van der Waals surface area contributed by atoms with Crippen molar-refractivity contribution in [2.45, 2.75) is 19.6 Å². The molecule has 0 radical (unpaired) electrons. The summed E-state index contributed by atoms with van der Waals surface area (Å²) in [6.45, 7) is 5.19. The number of hydrogen-bond donors (Lipinski definition) is 0. The molecule has 1 aliphatic heterocycles. The maximum Gasteiger partial charge on any atom is 0.341 e. The molecule has 1 aromatic heterocycles. The minimum atomic E-state index is -0.361. The van der Waals surface area contributed by atoms with Gasteiger partial charge in [-0.25, -0.2) is 4.79 Å². The maximum absolute atomic E-state index is 12.0. The van der Waals surface area contributed by atoms with Crippen LogP contribution in [-0.2, 0) is 16.0 Å². The first-order valence-electron chi connectivity index (χ1n) is 7.81. The van der Waals surface area contributed by atoms with Crippen molar-refractivity contribution in [3.63, 3.8) is 0 Å². The third-order valence-electron chi connectivity index (χ3n) is 3.95. The van der Waals surface area contributed by atoms with Crippen LogP contribution in [0.25, 0.3) is 0 Å². The van der Waals surface area contributed by atoms with Crippen molar-refractivity contribution in [3.8, 4) is 0 Å². The van der Waals surface area contributed by atoms with Crippen LogP contribution in [0.15, 0.2) is 47.1 Å². The average molecular weight is 315 g/mol. The van der Waals surface area contributed by atoms with Crippen LogP contribution in [-0.4, -0.2) is 43.3 Å². The lowest BCUT2D eigenvalue weighted by molar-refractivity contribution is -0.0612. The van der Waals surface area contributed by atoms with Crippen molar-refractivity contribution >= 4 is 5.97 Å². The van der Waals surface area contributed by atoms with Gasteiger partial charge in [-0.3, -0.25) is 4.90 Å². The van der Waals surface area contributed by atoms with Gasteiger partial charge in [-0.2, -0.15) is 0 Å². The van der Waals surface area contributed by atoms with Gasteiger partial charge in [-0.1, -0.05) is 30.3 Å². The predicted octanol–water partition coefficient (Wildman–Crippen LogP) is 2.65. The summed E-state index contributed by atoms with van der Waals surface area (Å²) in [4.78, 5) is 14.3. The molecule has 0 spiro atoms. The van der Waals surface area contributed by atoms with Crippen LogP contribution < -0.4 is 0 Å². The third kappa shape index (κ3) is 4.21. The summed E-state index contributed by atoms with van der Waals surface area (Å²) < 4.78 is 16.2. The van der Waals surface area contributed by atoms with E-state index in [1.54, 1.807) is 13.0 Å². The standard InChI is InChI=1S/C18H21NO4/c1-14-17(7-9-21-14)18(20)23-13-16-12-19(8-10-22-16)11-15-5-3-2-4-6-15/h2-7,9,16H,8,10-13H2,1H3. The van der Waals surface area contributed by atoms with Crippen LogP contribution in [0.2, 0.25) is 0 Å². The Bertz CT molecular complexity index is 637. The van der Waals surface area contributed by atoms with E-state index in [0.29, 0.717) is 17.9 Å². The Kier molecular flexibility index (Phi) is 5.10. The Balaban J connectivity index is 1.49. The van der Waals surface area contributed by atoms with E-state index in [2.05, 4.69) is 17.0 Å². The van der Waals surface area contributed by atoms with E-state index in [9.17, 15) is 4.79 Å². The highest BCUT2D eigenvalue weighted by atomic mass is 16.6. The lowest BCUT2D eigenvalue weighted by atomic mass is 10.2. The van der Waals surface area contributed by atoms with Crippen molar-refractivity contribution in [3.05, 3.63) is 59.5 Å². The number of nitrogens with zero attached hydrogens (tertiary/aromatic N) is 1. The van der Waals surface area contributed by atoms with Crippen LogP contribution in [0.1, 0.15) is 21.7 Å². The molecule has 0 saturated carbocycles. The zero-order chi connectivity index (χ0) is 16.1. The summed E-state index contributed by atoms with van der Waals surface area (Å²) in [7, 11) is 0. The molecule has 1 aliphatic rings. The number of carbonyl (C=O) groups excluding carboxylic acids is 1. The molecular formula is C18H21NO4. The molecule has 122 valence electrons. The molecule has 5 nitrogen and oxygen atoms in total. The van der Waals surface area contributed by atoms with Gasteiger partial charge >= 0.3 is 5.97 Å². The molecule has 1 fully saturated rings. The van der Waals surface area contributed by atoms with E-state index in [1.165, 1.54) is 11.8 Å². The largest absolute Gasteiger partial charge is 0.469 e. The summed E-state index contributed by atoms with van der Waals surface area (Å²) >= 11 is 0. The summed E-state index contributed by atoms with van der Waals surface area (Å²) in [5.41, 5.74) is 1.75. The second-order valence-corrected chi connectivity index (χ2v) is 5.70. The summed E-state index contributed by atoms with van der Waals surface area (Å²) in [5.74, 6) is 0.213. The Morgan fingerprint density at radius 2 is 2.13 bits per heavy atom. The van der Waals surface area contributed by atoms with Gasteiger partial charge in [-0.05, 0) is 18.6 Å². The SMILES string of the molecule is Cc1occc1C(=O)OCC1CN(Cc2ccccc2)CCO1. The fourth-order valence-electron chi connectivity index (χ4n) is 2.71. The number of benzene rings is 1. The molecule has 1 atom stereocenters. The molecule has 0 N–H and O–H groups in total. The van der Waals surface area contributed by atoms with Crippen molar-refractivity contribution < 1.29 is 18.7 Å². The van der Waals surface area contributed by atoms with E-state index in [0.717, 1.165) is 19.6 Å². The quantitative estimate of drug-likeness (QED) is 0.794. The van der Waals surface area contributed by atoms with Crippen LogP contribution in [0.3, 0.4) is 0 Å². The summed E-state index contributed by atoms with van der Waals surface area (Å²) in [6, 6.07) is 12.0. The molecule has 23 heavy (non-hydrogen) atoms. The van der Waals surface area contributed by atoms with Gasteiger partial charge in [-0.15, -0.1) is 0 Å². The number of esters is 1. The molecule has 5 heteroatoms. The summed E-state index contributed by atoms with van der Waals surface area (Å²) in [5, 5.41) is 0. The van der Waals surface area contributed by atoms with Crippen molar-refractivity contribution in [1.82, 2.24) is 4.90 Å². The van der Waals surface area contributed by atoms with Crippen LogP contribution >= 0.6 is 0 Å². The minimum absolute atomic E-state index is 0.0939. The van der Waals surface area contributed by atoms with Gasteiger partial charge in [0, 0.05) is 19.6 Å². The topological polar surface area (TPSA) is 51.9 Å². The number of morpholine rings is 1. The zero-order valence-corrected chi connectivity index (χ0v) is 13.2. The highest BCUT2D eigenvalue weighted by Crippen LogP contribution is 2.13. The monoisotopic (exact) mass is 315 g/mol. The zero-order valence-electron chi connectivity index (χ0n) is 13.2. The van der Waals surface area contributed by atoms with E-state index in [1.807, 2.05) is 18.2 Å². The molecule has 0 bridgehead atoms. The number of ether oxygens (including phenoxy) is 2. The molecule has 2 aromatic rings. The van der Waals surface area contributed by atoms with E-state index in [-0.39, 0.29) is 18.7 Å². The second kappa shape index (κ2) is 7.44. The number of furan rings is 1. The normalized spacial score (nSPS) is 18.7. The number of carbonyl (C=O) groups is 1. The molecule has 1 unspecified atom stereocenters. The molecule has 2 heterocycles. The van der Waals surface area contributed by atoms with Gasteiger partial charge in [0.25, 0.3) is 0 Å². The Hall–Kier alpha value is -2.11. The highest BCUT2D eigenvalue weighted by Gasteiger charge is 2.23. The smallest absolute Gasteiger partial charge is 0.341 e. The molecule has 1 aromatic carbocycles. The minimum Gasteiger partial charge on any atom is -0.469 e. The number of hydrogen-bond acceptors (Lipinski definition) is 5. The number of rotatable bonds is 5. The first kappa shape index (κ1) is 15.8. The fraction of sp³-hybridized carbons (Fsp3) is 0.389. The first-order chi connectivity index (χ1) is 11.2. The van der Waals surface area contributed by atoms with Gasteiger partial charge in [0.15, 0.2) is 0 Å². The lowest BCUT2D eigenvalue weighted by Gasteiger charge is -2.32. The highest BCUT2D eigenvalue weighted by molar-refractivity contribution is 5.90. The maximum atomic E-state index is 12.0. The van der Waals surface area contributed by atoms with Gasteiger partial charge in [0.05, 0.1) is 12.9 Å². The van der Waals surface area contributed by atoms with Gasteiger partial charge < -0.3 is 13.9 Å². The van der Waals surface area contributed by atoms with E-state index < -0.39 is 0 Å². The molecule has 0 aliphatic carbocycles.